The van der Waals surface area contributed by atoms with Crippen LogP contribution in [0.2, 0.25) is 0 Å². The summed E-state index contributed by atoms with van der Waals surface area (Å²) >= 11 is 0. The fourth-order valence-electron chi connectivity index (χ4n) is 2.68. The van der Waals surface area contributed by atoms with Crippen LogP contribution in [0.25, 0.3) is 0 Å². The summed E-state index contributed by atoms with van der Waals surface area (Å²) in [5.74, 6) is 0.625. The van der Waals surface area contributed by atoms with Crippen LogP contribution in [0.3, 0.4) is 0 Å². The predicted octanol–water partition coefficient (Wildman–Crippen LogP) is 1.34. The Morgan fingerprint density at radius 2 is 2.13 bits per heavy atom. The van der Waals surface area contributed by atoms with Crippen LogP contribution in [0.5, 0.6) is 0 Å². The molecule has 86 valence electrons. The second-order valence-electron chi connectivity index (χ2n) is 4.64. The third-order valence-electron chi connectivity index (χ3n) is 3.85. The summed E-state index contributed by atoms with van der Waals surface area (Å²) < 4.78 is 4.78. The summed E-state index contributed by atoms with van der Waals surface area (Å²) in [6, 6.07) is 0.364. The Balaban J connectivity index is 1.96. The number of carbonyl (C=O) groups is 1. The van der Waals surface area contributed by atoms with Crippen molar-refractivity contribution in [2.24, 2.45) is 11.7 Å². The summed E-state index contributed by atoms with van der Waals surface area (Å²) in [5.41, 5.74) is 6.22. The number of amides is 1. The Morgan fingerprint density at radius 3 is 2.67 bits per heavy atom. The highest BCUT2D eigenvalue weighted by Gasteiger charge is 2.38. The van der Waals surface area contributed by atoms with Crippen molar-refractivity contribution < 1.29 is 9.53 Å². The van der Waals surface area contributed by atoms with Crippen molar-refractivity contribution in [1.82, 2.24) is 4.90 Å². The van der Waals surface area contributed by atoms with Gasteiger partial charge in [0, 0.05) is 12.6 Å². The predicted molar refractivity (Wildman–Crippen MR) is 57.4 cm³/mol. The van der Waals surface area contributed by atoms with Gasteiger partial charge in [-0.2, -0.15) is 0 Å². The normalized spacial score (nSPS) is 28.7. The minimum Gasteiger partial charge on any atom is -0.453 e. The number of ether oxygens (including phenoxy) is 1. The molecule has 2 fully saturated rings. The maximum Gasteiger partial charge on any atom is 0.409 e. The summed E-state index contributed by atoms with van der Waals surface area (Å²) in [7, 11) is 1.44. The van der Waals surface area contributed by atoms with Gasteiger partial charge >= 0.3 is 6.09 Å². The van der Waals surface area contributed by atoms with E-state index in [2.05, 4.69) is 0 Å². The molecule has 0 bridgehead atoms. The summed E-state index contributed by atoms with van der Waals surface area (Å²) in [5, 5.41) is 0. The maximum atomic E-state index is 11.5. The van der Waals surface area contributed by atoms with Crippen LogP contribution in [0.4, 0.5) is 4.79 Å². The molecular weight excluding hydrogens is 192 g/mol. The second kappa shape index (κ2) is 4.39. The maximum absolute atomic E-state index is 11.5. The Kier molecular flexibility index (Phi) is 3.14. The highest BCUT2D eigenvalue weighted by molar-refractivity contribution is 5.68. The lowest BCUT2D eigenvalue weighted by molar-refractivity contribution is 0.0997. The topological polar surface area (TPSA) is 55.6 Å². The molecule has 2 unspecified atom stereocenters. The lowest BCUT2D eigenvalue weighted by atomic mass is 9.77. The molecule has 1 aliphatic heterocycles. The Morgan fingerprint density at radius 1 is 1.40 bits per heavy atom. The summed E-state index contributed by atoms with van der Waals surface area (Å²) in [6.07, 6.45) is 5.63. The smallest absolute Gasteiger partial charge is 0.409 e. The minimum absolute atomic E-state index is 0.153. The average molecular weight is 212 g/mol. The van der Waals surface area contributed by atoms with Crippen LogP contribution in [0, 0.1) is 5.92 Å². The van der Waals surface area contributed by atoms with Crippen molar-refractivity contribution in [2.45, 2.75) is 44.2 Å². The van der Waals surface area contributed by atoms with Gasteiger partial charge in [0.2, 0.25) is 0 Å². The first-order valence-electron chi connectivity index (χ1n) is 5.84. The Bertz CT molecular complexity index is 241. The van der Waals surface area contributed by atoms with E-state index in [9.17, 15) is 4.79 Å². The summed E-state index contributed by atoms with van der Waals surface area (Å²) in [4.78, 5) is 13.3. The van der Waals surface area contributed by atoms with E-state index in [4.69, 9.17) is 10.5 Å². The van der Waals surface area contributed by atoms with Crippen molar-refractivity contribution in [1.29, 1.82) is 0 Å². The van der Waals surface area contributed by atoms with Crippen molar-refractivity contribution in [3.63, 3.8) is 0 Å². The van der Waals surface area contributed by atoms with E-state index in [1.165, 1.54) is 26.4 Å². The lowest BCUT2D eigenvalue weighted by Crippen LogP contribution is -2.51. The van der Waals surface area contributed by atoms with Gasteiger partial charge in [0.05, 0.1) is 13.2 Å². The zero-order valence-corrected chi connectivity index (χ0v) is 9.32. The lowest BCUT2D eigenvalue weighted by Gasteiger charge is -2.37. The van der Waals surface area contributed by atoms with E-state index < -0.39 is 0 Å². The number of methoxy groups -OCH3 is 1. The first kappa shape index (κ1) is 10.7. The number of nitrogens with zero attached hydrogens (tertiary/aromatic N) is 1. The molecule has 4 heteroatoms. The van der Waals surface area contributed by atoms with Crippen LogP contribution in [0.1, 0.15) is 32.1 Å². The molecule has 1 saturated heterocycles. The van der Waals surface area contributed by atoms with E-state index in [1.807, 2.05) is 4.90 Å². The highest BCUT2D eigenvalue weighted by Crippen LogP contribution is 2.34. The standard InChI is InChI=1S/C11H20N2O2/c1-15-11(14)13-7-3-6-9(13)10(12)8-4-2-5-8/h8-10H,2-7,12H2,1H3. The van der Waals surface area contributed by atoms with Gasteiger partial charge in [-0.1, -0.05) is 6.42 Å². The molecule has 1 saturated carbocycles. The van der Waals surface area contributed by atoms with Gasteiger partial charge in [-0.25, -0.2) is 4.79 Å². The monoisotopic (exact) mass is 212 g/mol. The zero-order chi connectivity index (χ0) is 10.8. The third kappa shape index (κ3) is 1.95. The van der Waals surface area contributed by atoms with E-state index in [0.29, 0.717) is 5.92 Å². The number of carbonyl (C=O) groups excluding carboxylic acids is 1. The molecule has 2 aliphatic rings. The number of hydrogen-bond acceptors (Lipinski definition) is 3. The van der Waals surface area contributed by atoms with Crippen LogP contribution < -0.4 is 5.73 Å². The van der Waals surface area contributed by atoms with E-state index in [-0.39, 0.29) is 18.2 Å². The fraction of sp³-hybridized carbons (Fsp3) is 0.909. The van der Waals surface area contributed by atoms with Crippen molar-refractivity contribution in [3.05, 3.63) is 0 Å². The molecule has 0 aromatic rings. The molecule has 1 aliphatic carbocycles. The first-order valence-corrected chi connectivity index (χ1v) is 5.84. The minimum atomic E-state index is -0.215. The van der Waals surface area contributed by atoms with Crippen LogP contribution in [0.15, 0.2) is 0 Å². The molecule has 0 spiro atoms. The van der Waals surface area contributed by atoms with E-state index in [1.54, 1.807) is 0 Å². The molecule has 2 atom stereocenters. The largest absolute Gasteiger partial charge is 0.453 e. The number of likely N-dealkylation sites (tertiary alicyclic amines) is 1. The van der Waals surface area contributed by atoms with Crippen LogP contribution in [-0.2, 0) is 4.74 Å². The number of rotatable bonds is 2. The molecule has 1 heterocycles. The molecule has 0 aromatic heterocycles. The Labute approximate surface area is 90.8 Å². The van der Waals surface area contributed by atoms with E-state index in [0.717, 1.165) is 19.4 Å². The van der Waals surface area contributed by atoms with Gasteiger partial charge in [-0.3, -0.25) is 0 Å². The molecule has 4 nitrogen and oxygen atoms in total. The molecule has 0 aromatic carbocycles. The van der Waals surface area contributed by atoms with Crippen LogP contribution in [-0.4, -0.2) is 36.7 Å². The molecule has 2 N–H and O–H groups in total. The van der Waals surface area contributed by atoms with Gasteiger partial charge < -0.3 is 15.4 Å². The molecular formula is C11H20N2O2. The van der Waals surface area contributed by atoms with Gasteiger partial charge in [0.25, 0.3) is 0 Å². The van der Waals surface area contributed by atoms with Gasteiger partial charge in [-0.15, -0.1) is 0 Å². The average Bonchev–Trinajstić information content (AvgIpc) is 2.62. The van der Waals surface area contributed by atoms with Crippen molar-refractivity contribution >= 4 is 6.09 Å². The third-order valence-corrected chi connectivity index (χ3v) is 3.85. The first-order chi connectivity index (χ1) is 7.24. The fourth-order valence-corrected chi connectivity index (χ4v) is 2.68. The van der Waals surface area contributed by atoms with Crippen molar-refractivity contribution in [3.8, 4) is 0 Å². The van der Waals surface area contributed by atoms with E-state index >= 15 is 0 Å². The van der Waals surface area contributed by atoms with Crippen molar-refractivity contribution in [2.75, 3.05) is 13.7 Å². The van der Waals surface area contributed by atoms with Gasteiger partial charge in [0.1, 0.15) is 0 Å². The Hall–Kier alpha value is -0.770. The molecule has 2 rings (SSSR count). The van der Waals surface area contributed by atoms with Crippen LogP contribution >= 0.6 is 0 Å². The molecule has 15 heavy (non-hydrogen) atoms. The molecule has 1 amide bonds. The zero-order valence-electron chi connectivity index (χ0n) is 9.32. The quantitative estimate of drug-likeness (QED) is 0.751. The second-order valence-corrected chi connectivity index (χ2v) is 4.64. The summed E-state index contributed by atoms with van der Waals surface area (Å²) in [6.45, 7) is 0.803. The number of hydrogen-bond donors (Lipinski definition) is 1. The SMILES string of the molecule is COC(=O)N1CCCC1C(N)C1CCC1. The number of nitrogens with two attached hydrogens (primary N) is 1. The van der Waals surface area contributed by atoms with Gasteiger partial charge in [-0.05, 0) is 31.6 Å². The highest BCUT2D eigenvalue weighted by atomic mass is 16.5. The molecule has 0 radical (unpaired) electrons. The van der Waals surface area contributed by atoms with Gasteiger partial charge in [0.15, 0.2) is 0 Å².